The smallest absolute Gasteiger partial charge is 0.414 e. The van der Waals surface area contributed by atoms with E-state index in [-0.39, 0.29) is 12.3 Å². The van der Waals surface area contributed by atoms with E-state index in [1.54, 1.807) is 31.5 Å². The van der Waals surface area contributed by atoms with Crippen molar-refractivity contribution >= 4 is 28.6 Å². The van der Waals surface area contributed by atoms with Gasteiger partial charge in [-0.15, -0.1) is 0 Å². The van der Waals surface area contributed by atoms with Crippen molar-refractivity contribution in [2.75, 3.05) is 38.3 Å². The van der Waals surface area contributed by atoms with Crippen LogP contribution in [0.25, 0.3) is 10.9 Å². The lowest BCUT2D eigenvalue weighted by molar-refractivity contribution is -0.122. The molecule has 9 heteroatoms. The summed E-state index contributed by atoms with van der Waals surface area (Å²) in [5, 5.41) is 3.92. The van der Waals surface area contributed by atoms with Crippen molar-refractivity contribution in [3.63, 3.8) is 0 Å². The highest BCUT2D eigenvalue weighted by Gasteiger charge is 2.34. The summed E-state index contributed by atoms with van der Waals surface area (Å²) in [6, 6.07) is 13.0. The molecule has 1 saturated heterocycles. The molecule has 0 saturated carbocycles. The molecule has 0 spiro atoms. The number of methoxy groups -OCH3 is 1. The van der Waals surface area contributed by atoms with Crippen molar-refractivity contribution in [3.8, 4) is 17.2 Å². The van der Waals surface area contributed by atoms with Gasteiger partial charge in [-0.3, -0.25) is 14.7 Å². The molecular weight excluding hydrogens is 438 g/mol. The molecular formula is C25H25N3O6. The average Bonchev–Trinajstić information content (AvgIpc) is 3.23. The van der Waals surface area contributed by atoms with Crippen LogP contribution in [0.2, 0.25) is 0 Å². The van der Waals surface area contributed by atoms with Gasteiger partial charge in [-0.1, -0.05) is 0 Å². The Bertz CT molecular complexity index is 1230. The van der Waals surface area contributed by atoms with Crippen LogP contribution in [0.4, 0.5) is 10.5 Å². The summed E-state index contributed by atoms with van der Waals surface area (Å²) in [6.45, 7) is 1.72. The average molecular weight is 463 g/mol. The zero-order chi connectivity index (χ0) is 23.5. The van der Waals surface area contributed by atoms with Gasteiger partial charge in [0.25, 0.3) is 0 Å². The van der Waals surface area contributed by atoms with Crippen LogP contribution >= 0.6 is 0 Å². The van der Waals surface area contributed by atoms with Gasteiger partial charge < -0.3 is 24.3 Å². The number of carbonyl (C=O) groups excluding carboxylic acids is 2. The van der Waals surface area contributed by atoms with Gasteiger partial charge in [0.1, 0.15) is 25.1 Å². The van der Waals surface area contributed by atoms with Crippen LogP contribution in [0, 0.1) is 0 Å². The zero-order valence-electron chi connectivity index (χ0n) is 18.8. The highest BCUT2D eigenvalue weighted by atomic mass is 16.6. The topological polar surface area (TPSA) is 99.2 Å². The molecule has 3 heterocycles. The molecule has 0 bridgehead atoms. The Morgan fingerprint density at radius 3 is 2.85 bits per heavy atom. The fraction of sp³-hybridized carbons (Fsp3) is 0.320. The Morgan fingerprint density at radius 2 is 2.00 bits per heavy atom. The monoisotopic (exact) mass is 463 g/mol. The molecule has 1 atom stereocenters. The first kappa shape index (κ1) is 21.8. The highest BCUT2D eigenvalue weighted by Crippen LogP contribution is 2.35. The second kappa shape index (κ2) is 9.46. The standard InChI is InChI=1S/C25H25N3O6/c1-31-18-3-4-21-20(13-18)16(6-8-26-21)7-9-27-24(29)14-19-15-28(25(30)34-19)17-2-5-22-23(12-17)33-11-10-32-22/h2-6,8,12-13,19H,7,9-11,14-15H2,1H3,(H,27,29)/t19-/m1/s1. The van der Waals surface area contributed by atoms with Crippen molar-refractivity contribution in [1.82, 2.24) is 10.3 Å². The summed E-state index contributed by atoms with van der Waals surface area (Å²) in [4.78, 5) is 30.8. The molecule has 176 valence electrons. The number of pyridine rings is 1. The number of anilines is 1. The van der Waals surface area contributed by atoms with E-state index in [0.29, 0.717) is 49.9 Å². The molecule has 1 fully saturated rings. The molecule has 1 N–H and O–H groups in total. The largest absolute Gasteiger partial charge is 0.497 e. The van der Waals surface area contributed by atoms with E-state index in [9.17, 15) is 9.59 Å². The maximum atomic E-state index is 12.5. The van der Waals surface area contributed by atoms with E-state index < -0.39 is 12.2 Å². The normalized spacial score (nSPS) is 16.9. The van der Waals surface area contributed by atoms with Crippen LogP contribution in [0.15, 0.2) is 48.7 Å². The second-order valence-electron chi connectivity index (χ2n) is 8.10. The molecule has 3 aromatic rings. The predicted octanol–water partition coefficient (Wildman–Crippen LogP) is 3.09. The minimum atomic E-state index is -0.522. The number of hydrogen-bond donors (Lipinski definition) is 1. The molecule has 0 aliphatic carbocycles. The summed E-state index contributed by atoms with van der Waals surface area (Å²) in [5.74, 6) is 1.84. The number of cyclic esters (lactones) is 1. The van der Waals surface area contributed by atoms with Crippen LogP contribution in [0.1, 0.15) is 12.0 Å². The van der Waals surface area contributed by atoms with Gasteiger partial charge in [0.2, 0.25) is 5.91 Å². The van der Waals surface area contributed by atoms with Crippen LogP contribution < -0.4 is 24.4 Å². The molecule has 0 unspecified atom stereocenters. The minimum Gasteiger partial charge on any atom is -0.497 e. The number of nitrogens with zero attached hydrogens (tertiary/aromatic N) is 2. The summed E-state index contributed by atoms with van der Waals surface area (Å²) < 4.78 is 21.9. The van der Waals surface area contributed by atoms with E-state index in [4.69, 9.17) is 18.9 Å². The molecule has 2 aliphatic rings. The van der Waals surface area contributed by atoms with E-state index in [2.05, 4.69) is 10.3 Å². The lowest BCUT2D eigenvalue weighted by Crippen LogP contribution is -2.31. The third-order valence-corrected chi connectivity index (χ3v) is 5.88. The van der Waals surface area contributed by atoms with Crippen LogP contribution in [-0.4, -0.2) is 56.5 Å². The van der Waals surface area contributed by atoms with Crippen LogP contribution in [0.3, 0.4) is 0 Å². The van der Waals surface area contributed by atoms with E-state index >= 15 is 0 Å². The fourth-order valence-corrected chi connectivity index (χ4v) is 4.18. The van der Waals surface area contributed by atoms with Gasteiger partial charge in [0.05, 0.1) is 31.3 Å². The van der Waals surface area contributed by atoms with E-state index in [1.807, 2.05) is 24.3 Å². The summed E-state index contributed by atoms with van der Waals surface area (Å²) in [5.41, 5.74) is 2.60. The summed E-state index contributed by atoms with van der Waals surface area (Å²) in [6.07, 6.45) is 1.50. The second-order valence-corrected chi connectivity index (χ2v) is 8.10. The van der Waals surface area contributed by atoms with Gasteiger partial charge in [-0.05, 0) is 48.4 Å². The number of hydrogen-bond acceptors (Lipinski definition) is 7. The SMILES string of the molecule is COc1ccc2nccc(CCNC(=O)C[C@@H]3CN(c4ccc5c(c4)OCCO5)C(=O)O3)c2c1. The van der Waals surface area contributed by atoms with Crippen molar-refractivity contribution < 1.29 is 28.5 Å². The molecule has 2 amide bonds. The number of ether oxygens (including phenoxy) is 4. The Morgan fingerprint density at radius 1 is 1.15 bits per heavy atom. The predicted molar refractivity (Wildman–Crippen MR) is 125 cm³/mol. The van der Waals surface area contributed by atoms with Crippen molar-refractivity contribution in [2.24, 2.45) is 0 Å². The molecule has 1 aromatic heterocycles. The number of fused-ring (bicyclic) bond motifs is 2. The maximum absolute atomic E-state index is 12.5. The Labute approximate surface area is 196 Å². The van der Waals surface area contributed by atoms with Crippen LogP contribution in [-0.2, 0) is 16.0 Å². The third kappa shape index (κ3) is 4.54. The summed E-state index contributed by atoms with van der Waals surface area (Å²) >= 11 is 0. The van der Waals surface area contributed by atoms with Gasteiger partial charge in [-0.2, -0.15) is 0 Å². The Hall–Kier alpha value is -4.01. The minimum absolute atomic E-state index is 0.0949. The number of aromatic nitrogens is 1. The third-order valence-electron chi connectivity index (χ3n) is 5.88. The Kier molecular flexibility index (Phi) is 6.07. The first-order valence-corrected chi connectivity index (χ1v) is 11.2. The maximum Gasteiger partial charge on any atom is 0.414 e. The van der Waals surface area contributed by atoms with Crippen molar-refractivity contribution in [1.29, 1.82) is 0 Å². The van der Waals surface area contributed by atoms with E-state index in [1.165, 1.54) is 4.90 Å². The lowest BCUT2D eigenvalue weighted by Gasteiger charge is -2.21. The van der Waals surface area contributed by atoms with Gasteiger partial charge in [-0.25, -0.2) is 4.79 Å². The number of rotatable bonds is 7. The molecule has 2 aliphatic heterocycles. The van der Waals surface area contributed by atoms with Crippen molar-refractivity contribution in [2.45, 2.75) is 18.9 Å². The lowest BCUT2D eigenvalue weighted by atomic mass is 10.1. The highest BCUT2D eigenvalue weighted by molar-refractivity contribution is 5.91. The molecule has 0 radical (unpaired) electrons. The summed E-state index contributed by atoms with van der Waals surface area (Å²) in [7, 11) is 1.63. The van der Waals surface area contributed by atoms with Gasteiger partial charge >= 0.3 is 6.09 Å². The zero-order valence-corrected chi connectivity index (χ0v) is 18.8. The molecule has 5 rings (SSSR count). The quantitative estimate of drug-likeness (QED) is 0.575. The molecule has 34 heavy (non-hydrogen) atoms. The fourth-order valence-electron chi connectivity index (χ4n) is 4.18. The van der Waals surface area contributed by atoms with Crippen molar-refractivity contribution in [3.05, 3.63) is 54.2 Å². The van der Waals surface area contributed by atoms with Gasteiger partial charge in [0, 0.05) is 24.2 Å². The first-order chi connectivity index (χ1) is 16.6. The first-order valence-electron chi connectivity index (χ1n) is 11.2. The van der Waals surface area contributed by atoms with E-state index in [0.717, 1.165) is 22.2 Å². The number of carbonyl (C=O) groups is 2. The number of benzene rings is 2. The number of amides is 2. The number of nitrogens with one attached hydrogen (secondary N) is 1. The van der Waals surface area contributed by atoms with Gasteiger partial charge in [0.15, 0.2) is 11.5 Å². The molecule has 2 aromatic carbocycles. The Balaban J connectivity index is 1.15. The van der Waals surface area contributed by atoms with Crippen LogP contribution in [0.5, 0.6) is 17.2 Å². The molecule has 9 nitrogen and oxygen atoms in total.